The molecule has 2 rings (SSSR count). The van der Waals surface area contributed by atoms with Gasteiger partial charge in [-0.3, -0.25) is 0 Å². The molecule has 1 aliphatic carbocycles. The zero-order valence-electron chi connectivity index (χ0n) is 14.1. The summed E-state index contributed by atoms with van der Waals surface area (Å²) in [5.74, 6) is 0.744. The number of hydrogen-bond acceptors (Lipinski definition) is 2. The largest absolute Gasteiger partial charge is 0.376 e. The second-order valence-corrected chi connectivity index (χ2v) is 6.69. The molecule has 0 aliphatic heterocycles. The van der Waals surface area contributed by atoms with E-state index >= 15 is 0 Å². The fraction of sp³-hybridized carbons (Fsp3) is 0.684. The number of nitrogens with one attached hydrogen (secondary N) is 1. The van der Waals surface area contributed by atoms with Crippen LogP contribution in [-0.4, -0.2) is 19.8 Å². The van der Waals surface area contributed by atoms with Gasteiger partial charge in [0.2, 0.25) is 0 Å². The monoisotopic (exact) mass is 289 g/mol. The predicted molar refractivity (Wildman–Crippen MR) is 89.6 cm³/mol. The lowest BCUT2D eigenvalue weighted by Crippen LogP contribution is -2.47. The van der Waals surface area contributed by atoms with Crippen molar-refractivity contribution in [1.82, 2.24) is 5.32 Å². The number of aryl methyl sites for hydroxylation is 1. The molecule has 1 saturated carbocycles. The molecule has 2 nitrogen and oxygen atoms in total. The number of rotatable bonds is 6. The van der Waals surface area contributed by atoms with Crippen LogP contribution < -0.4 is 5.32 Å². The van der Waals surface area contributed by atoms with Crippen LogP contribution in [0.4, 0.5) is 0 Å². The van der Waals surface area contributed by atoms with Crippen LogP contribution in [0.3, 0.4) is 0 Å². The summed E-state index contributed by atoms with van der Waals surface area (Å²) in [6, 6.07) is 9.33. The fourth-order valence-corrected chi connectivity index (χ4v) is 4.06. The number of likely N-dealkylation sites (N-methyl/N-ethyl adjacent to an activating group) is 1. The van der Waals surface area contributed by atoms with Crippen LogP contribution in [0.2, 0.25) is 0 Å². The van der Waals surface area contributed by atoms with Gasteiger partial charge < -0.3 is 10.1 Å². The molecule has 3 unspecified atom stereocenters. The highest BCUT2D eigenvalue weighted by Crippen LogP contribution is 2.43. The van der Waals surface area contributed by atoms with Crippen molar-refractivity contribution in [2.45, 2.75) is 64.0 Å². The first-order chi connectivity index (χ1) is 10.1. The summed E-state index contributed by atoms with van der Waals surface area (Å²) in [7, 11) is 3.95. The molecule has 0 heterocycles. The Morgan fingerprint density at radius 3 is 2.86 bits per heavy atom. The van der Waals surface area contributed by atoms with Crippen molar-refractivity contribution in [3.8, 4) is 0 Å². The standard InChI is InChI=1S/C19H31NO/c1-5-8-16-10-6-11-17(13-16)18(20-3)19(21-4)12-7-9-15(2)14-19/h6,10-11,13,15,18,20H,5,7-9,12,14H2,1-4H3. The third kappa shape index (κ3) is 3.67. The molecule has 2 heteroatoms. The van der Waals surface area contributed by atoms with Gasteiger partial charge in [0, 0.05) is 7.11 Å². The maximum atomic E-state index is 6.09. The number of ether oxygens (including phenoxy) is 1. The number of benzene rings is 1. The van der Waals surface area contributed by atoms with E-state index in [1.165, 1.54) is 30.4 Å². The van der Waals surface area contributed by atoms with Crippen LogP contribution in [-0.2, 0) is 11.2 Å². The van der Waals surface area contributed by atoms with Crippen molar-refractivity contribution in [2.24, 2.45) is 5.92 Å². The van der Waals surface area contributed by atoms with Crippen LogP contribution in [0.25, 0.3) is 0 Å². The zero-order chi connectivity index (χ0) is 15.3. The Bertz CT molecular complexity index is 445. The van der Waals surface area contributed by atoms with Crippen molar-refractivity contribution >= 4 is 0 Å². The van der Waals surface area contributed by atoms with Crippen LogP contribution in [0, 0.1) is 5.92 Å². The Morgan fingerprint density at radius 2 is 2.24 bits per heavy atom. The second kappa shape index (κ2) is 7.42. The van der Waals surface area contributed by atoms with Gasteiger partial charge in [0.25, 0.3) is 0 Å². The van der Waals surface area contributed by atoms with Crippen LogP contribution in [0.5, 0.6) is 0 Å². The summed E-state index contributed by atoms with van der Waals surface area (Å²) >= 11 is 0. The predicted octanol–water partition coefficient (Wildman–Crippen LogP) is 4.49. The van der Waals surface area contributed by atoms with E-state index in [1.54, 1.807) is 0 Å². The van der Waals surface area contributed by atoms with Gasteiger partial charge in [-0.1, -0.05) is 57.4 Å². The minimum absolute atomic E-state index is 0.0583. The van der Waals surface area contributed by atoms with E-state index < -0.39 is 0 Å². The van der Waals surface area contributed by atoms with E-state index in [9.17, 15) is 0 Å². The van der Waals surface area contributed by atoms with Crippen molar-refractivity contribution in [3.63, 3.8) is 0 Å². The van der Waals surface area contributed by atoms with Gasteiger partial charge in [-0.2, -0.15) is 0 Å². The Balaban J connectivity index is 2.30. The molecule has 0 aromatic heterocycles. The molecule has 118 valence electrons. The van der Waals surface area contributed by atoms with Crippen LogP contribution >= 0.6 is 0 Å². The van der Waals surface area contributed by atoms with Gasteiger partial charge in [0.15, 0.2) is 0 Å². The third-order valence-electron chi connectivity index (χ3n) is 5.04. The summed E-state index contributed by atoms with van der Waals surface area (Å²) in [4.78, 5) is 0. The van der Waals surface area contributed by atoms with Crippen molar-refractivity contribution in [2.75, 3.05) is 14.2 Å². The van der Waals surface area contributed by atoms with Gasteiger partial charge in [0.1, 0.15) is 0 Å². The molecule has 1 aromatic rings. The minimum atomic E-state index is -0.0583. The molecule has 3 atom stereocenters. The number of hydrogen-bond donors (Lipinski definition) is 1. The van der Waals surface area contributed by atoms with E-state index in [-0.39, 0.29) is 11.6 Å². The van der Waals surface area contributed by atoms with Crippen molar-refractivity contribution < 1.29 is 4.74 Å². The highest BCUT2D eigenvalue weighted by Gasteiger charge is 2.42. The Morgan fingerprint density at radius 1 is 1.43 bits per heavy atom. The Kier molecular flexibility index (Phi) is 5.83. The lowest BCUT2D eigenvalue weighted by molar-refractivity contribution is -0.0790. The molecule has 0 radical (unpaired) electrons. The van der Waals surface area contributed by atoms with E-state index in [2.05, 4.69) is 50.5 Å². The molecule has 0 amide bonds. The first kappa shape index (κ1) is 16.5. The Hall–Kier alpha value is -0.860. The summed E-state index contributed by atoms with van der Waals surface area (Å²) in [6.07, 6.45) is 7.24. The highest BCUT2D eigenvalue weighted by atomic mass is 16.5. The molecular formula is C19H31NO. The molecule has 1 aromatic carbocycles. The summed E-state index contributed by atoms with van der Waals surface area (Å²) in [5, 5.41) is 3.54. The molecule has 1 N–H and O–H groups in total. The molecule has 1 aliphatic rings. The lowest BCUT2D eigenvalue weighted by Gasteiger charge is -2.44. The summed E-state index contributed by atoms with van der Waals surface area (Å²) in [5.41, 5.74) is 2.75. The molecule has 1 fully saturated rings. The lowest BCUT2D eigenvalue weighted by atomic mass is 9.72. The van der Waals surface area contributed by atoms with Crippen molar-refractivity contribution in [3.05, 3.63) is 35.4 Å². The van der Waals surface area contributed by atoms with Crippen LogP contribution in [0.15, 0.2) is 24.3 Å². The summed E-state index contributed by atoms with van der Waals surface area (Å²) in [6.45, 7) is 4.59. The molecule has 0 bridgehead atoms. The first-order valence-corrected chi connectivity index (χ1v) is 8.46. The quantitative estimate of drug-likeness (QED) is 0.833. The fourth-order valence-electron chi connectivity index (χ4n) is 4.06. The number of methoxy groups -OCH3 is 1. The summed E-state index contributed by atoms with van der Waals surface area (Å²) < 4.78 is 6.09. The van der Waals surface area contributed by atoms with Gasteiger partial charge in [-0.25, -0.2) is 0 Å². The SMILES string of the molecule is CCCc1cccc(C(NC)C2(OC)CCCC(C)C2)c1. The maximum absolute atomic E-state index is 6.09. The van der Waals surface area contributed by atoms with Gasteiger partial charge in [0.05, 0.1) is 11.6 Å². The average molecular weight is 289 g/mol. The third-order valence-corrected chi connectivity index (χ3v) is 5.04. The van der Waals surface area contributed by atoms with Gasteiger partial charge in [-0.15, -0.1) is 0 Å². The minimum Gasteiger partial charge on any atom is -0.376 e. The Labute approximate surface area is 130 Å². The van der Waals surface area contributed by atoms with Crippen LogP contribution in [0.1, 0.15) is 63.1 Å². The molecule has 0 spiro atoms. The van der Waals surface area contributed by atoms with Crippen molar-refractivity contribution in [1.29, 1.82) is 0 Å². The molecular weight excluding hydrogens is 258 g/mol. The van der Waals surface area contributed by atoms with E-state index in [4.69, 9.17) is 4.74 Å². The van der Waals surface area contributed by atoms with E-state index in [0.717, 1.165) is 25.2 Å². The van der Waals surface area contributed by atoms with Gasteiger partial charge >= 0.3 is 0 Å². The van der Waals surface area contributed by atoms with E-state index in [0.29, 0.717) is 0 Å². The van der Waals surface area contributed by atoms with Gasteiger partial charge in [-0.05, 0) is 43.4 Å². The second-order valence-electron chi connectivity index (χ2n) is 6.69. The maximum Gasteiger partial charge on any atom is 0.0874 e. The average Bonchev–Trinajstić information content (AvgIpc) is 2.49. The normalized spacial score (nSPS) is 27.5. The molecule has 21 heavy (non-hydrogen) atoms. The smallest absolute Gasteiger partial charge is 0.0874 e. The first-order valence-electron chi connectivity index (χ1n) is 8.46. The molecule has 0 saturated heterocycles. The van der Waals surface area contributed by atoms with E-state index in [1.807, 2.05) is 7.11 Å². The topological polar surface area (TPSA) is 21.3 Å². The zero-order valence-corrected chi connectivity index (χ0v) is 14.1. The highest BCUT2D eigenvalue weighted by molar-refractivity contribution is 5.28.